The first-order valence-corrected chi connectivity index (χ1v) is 7.31. The number of carbonyl (C=O) groups is 1. The Morgan fingerprint density at radius 3 is 2.74 bits per heavy atom. The Balaban J connectivity index is 2.68. The summed E-state index contributed by atoms with van der Waals surface area (Å²) in [6.45, 7) is 8.81. The van der Waals surface area contributed by atoms with Gasteiger partial charge in [0, 0.05) is 23.7 Å². The van der Waals surface area contributed by atoms with E-state index >= 15 is 0 Å². The van der Waals surface area contributed by atoms with Crippen molar-refractivity contribution < 1.29 is 9.90 Å². The van der Waals surface area contributed by atoms with Crippen molar-refractivity contribution in [2.24, 2.45) is 5.92 Å². The van der Waals surface area contributed by atoms with Gasteiger partial charge in [-0.05, 0) is 19.8 Å². The monoisotopic (exact) mass is 285 g/mol. The van der Waals surface area contributed by atoms with Crippen molar-refractivity contribution in [3.8, 4) is 0 Å². The number of nitrogens with one attached hydrogen (secondary N) is 1. The van der Waals surface area contributed by atoms with Crippen LogP contribution in [0.5, 0.6) is 0 Å². The van der Waals surface area contributed by atoms with E-state index in [1.54, 1.807) is 11.1 Å². The third-order valence-corrected chi connectivity index (χ3v) is 4.10. The smallest absolute Gasteiger partial charge is 0.318 e. The summed E-state index contributed by atoms with van der Waals surface area (Å²) < 4.78 is 0. The topological polar surface area (TPSA) is 65.5 Å². The second kappa shape index (κ2) is 6.86. The SMILES string of the molecule is CC(C)C(C)(C)NC(=O)N(CCO)Cc1nccs1. The lowest BCUT2D eigenvalue weighted by atomic mass is 9.91. The van der Waals surface area contributed by atoms with Crippen molar-refractivity contribution in [3.05, 3.63) is 16.6 Å². The van der Waals surface area contributed by atoms with Gasteiger partial charge in [0.15, 0.2) is 0 Å². The van der Waals surface area contributed by atoms with Crippen LogP contribution in [0.15, 0.2) is 11.6 Å². The number of nitrogens with zero attached hydrogens (tertiary/aromatic N) is 2. The zero-order chi connectivity index (χ0) is 14.5. The normalized spacial score (nSPS) is 11.7. The van der Waals surface area contributed by atoms with Crippen molar-refractivity contribution in [2.75, 3.05) is 13.2 Å². The van der Waals surface area contributed by atoms with Crippen LogP contribution in [0.2, 0.25) is 0 Å². The lowest BCUT2D eigenvalue weighted by Gasteiger charge is -2.33. The van der Waals surface area contributed by atoms with Gasteiger partial charge in [0.25, 0.3) is 0 Å². The number of hydrogen-bond acceptors (Lipinski definition) is 4. The molecule has 1 aromatic rings. The standard InChI is InChI=1S/C13H23N3O2S/c1-10(2)13(3,4)15-12(18)16(6-7-17)9-11-14-5-8-19-11/h5,8,10,17H,6-7,9H2,1-4H3,(H,15,18). The molecule has 0 aromatic carbocycles. The summed E-state index contributed by atoms with van der Waals surface area (Å²) in [5, 5.41) is 14.8. The van der Waals surface area contributed by atoms with Crippen molar-refractivity contribution in [1.29, 1.82) is 0 Å². The summed E-state index contributed by atoms with van der Waals surface area (Å²) in [4.78, 5) is 18.0. The van der Waals surface area contributed by atoms with Gasteiger partial charge in [-0.15, -0.1) is 11.3 Å². The Morgan fingerprint density at radius 2 is 2.26 bits per heavy atom. The second-order valence-electron chi connectivity index (χ2n) is 5.38. The minimum atomic E-state index is -0.284. The zero-order valence-corrected chi connectivity index (χ0v) is 12.8. The number of aromatic nitrogens is 1. The molecule has 0 fully saturated rings. The number of carbonyl (C=O) groups excluding carboxylic acids is 1. The number of thiazole rings is 1. The second-order valence-corrected chi connectivity index (χ2v) is 6.36. The van der Waals surface area contributed by atoms with Crippen LogP contribution in [-0.4, -0.2) is 39.7 Å². The Morgan fingerprint density at radius 1 is 1.58 bits per heavy atom. The molecule has 0 aliphatic carbocycles. The van der Waals surface area contributed by atoms with Crippen molar-refractivity contribution >= 4 is 17.4 Å². The van der Waals surface area contributed by atoms with Gasteiger partial charge in [-0.1, -0.05) is 13.8 Å². The Kier molecular flexibility index (Phi) is 5.75. The van der Waals surface area contributed by atoms with Gasteiger partial charge in [-0.25, -0.2) is 9.78 Å². The van der Waals surface area contributed by atoms with Gasteiger partial charge in [0.1, 0.15) is 5.01 Å². The first-order valence-electron chi connectivity index (χ1n) is 6.43. The van der Waals surface area contributed by atoms with Gasteiger partial charge in [-0.2, -0.15) is 0 Å². The molecule has 0 saturated heterocycles. The van der Waals surface area contributed by atoms with Crippen molar-refractivity contribution in [1.82, 2.24) is 15.2 Å². The molecule has 0 aliphatic rings. The number of hydrogen-bond donors (Lipinski definition) is 2. The molecule has 2 N–H and O–H groups in total. The number of amides is 2. The molecule has 0 unspecified atom stereocenters. The fourth-order valence-corrected chi connectivity index (χ4v) is 2.00. The van der Waals surface area contributed by atoms with E-state index in [4.69, 9.17) is 5.11 Å². The molecule has 5 nitrogen and oxygen atoms in total. The lowest BCUT2D eigenvalue weighted by molar-refractivity contribution is 0.158. The lowest BCUT2D eigenvalue weighted by Crippen LogP contribution is -2.52. The summed E-state index contributed by atoms with van der Waals surface area (Å²) >= 11 is 1.50. The fraction of sp³-hybridized carbons (Fsp3) is 0.692. The molecular formula is C13H23N3O2S. The van der Waals surface area contributed by atoms with E-state index in [0.29, 0.717) is 19.0 Å². The molecule has 0 radical (unpaired) electrons. The molecule has 2 amide bonds. The minimum Gasteiger partial charge on any atom is -0.395 e. The average Bonchev–Trinajstić information content (AvgIpc) is 2.80. The number of aliphatic hydroxyl groups is 1. The van der Waals surface area contributed by atoms with E-state index in [1.807, 2.05) is 19.2 Å². The Labute approximate surface area is 118 Å². The highest BCUT2D eigenvalue weighted by Gasteiger charge is 2.27. The zero-order valence-electron chi connectivity index (χ0n) is 12.0. The third-order valence-electron chi connectivity index (χ3n) is 3.34. The fourth-order valence-electron chi connectivity index (χ4n) is 1.37. The number of aliphatic hydroxyl groups excluding tert-OH is 1. The van der Waals surface area contributed by atoms with Crippen LogP contribution >= 0.6 is 11.3 Å². The van der Waals surface area contributed by atoms with Gasteiger partial charge in [-0.3, -0.25) is 0 Å². The van der Waals surface area contributed by atoms with Crippen molar-refractivity contribution in [2.45, 2.75) is 39.8 Å². The van der Waals surface area contributed by atoms with Crippen molar-refractivity contribution in [3.63, 3.8) is 0 Å². The predicted molar refractivity (Wildman–Crippen MR) is 77.1 cm³/mol. The molecular weight excluding hydrogens is 262 g/mol. The highest BCUT2D eigenvalue weighted by molar-refractivity contribution is 7.09. The summed E-state index contributed by atoms with van der Waals surface area (Å²) in [5.41, 5.74) is -0.284. The van der Waals surface area contributed by atoms with E-state index in [-0.39, 0.29) is 18.2 Å². The molecule has 0 saturated carbocycles. The van der Waals surface area contributed by atoms with Gasteiger partial charge >= 0.3 is 6.03 Å². The molecule has 1 aromatic heterocycles. The molecule has 1 rings (SSSR count). The van der Waals surface area contributed by atoms with E-state index in [9.17, 15) is 4.79 Å². The average molecular weight is 285 g/mol. The van der Waals surface area contributed by atoms with Crippen LogP contribution in [0.1, 0.15) is 32.7 Å². The molecule has 0 atom stereocenters. The quantitative estimate of drug-likeness (QED) is 0.841. The molecule has 19 heavy (non-hydrogen) atoms. The number of rotatable bonds is 6. The molecule has 6 heteroatoms. The van der Waals surface area contributed by atoms with Crippen LogP contribution in [0.4, 0.5) is 4.79 Å². The minimum absolute atomic E-state index is 0.0547. The largest absolute Gasteiger partial charge is 0.395 e. The first-order chi connectivity index (χ1) is 8.86. The maximum absolute atomic E-state index is 12.3. The summed E-state index contributed by atoms with van der Waals surface area (Å²) in [5.74, 6) is 0.326. The van der Waals surface area contributed by atoms with Crippen LogP contribution in [0.3, 0.4) is 0 Å². The van der Waals surface area contributed by atoms with E-state index in [1.165, 1.54) is 11.3 Å². The van der Waals surface area contributed by atoms with Gasteiger partial charge in [0.2, 0.25) is 0 Å². The summed E-state index contributed by atoms with van der Waals surface area (Å²) in [6, 6.07) is -0.164. The number of urea groups is 1. The van der Waals surface area contributed by atoms with Gasteiger partial charge < -0.3 is 15.3 Å². The molecule has 0 aliphatic heterocycles. The molecule has 1 heterocycles. The molecule has 0 bridgehead atoms. The van der Waals surface area contributed by atoms with Crippen LogP contribution < -0.4 is 5.32 Å². The molecule has 0 spiro atoms. The maximum Gasteiger partial charge on any atom is 0.318 e. The highest BCUT2D eigenvalue weighted by Crippen LogP contribution is 2.16. The Bertz CT molecular complexity index is 391. The van der Waals surface area contributed by atoms with Gasteiger partial charge in [0.05, 0.1) is 13.2 Å². The van der Waals surface area contributed by atoms with Crippen LogP contribution in [-0.2, 0) is 6.54 Å². The van der Waals surface area contributed by atoms with Crippen LogP contribution in [0, 0.1) is 5.92 Å². The highest BCUT2D eigenvalue weighted by atomic mass is 32.1. The first kappa shape index (κ1) is 15.9. The summed E-state index contributed by atoms with van der Waals surface area (Å²) in [6.07, 6.45) is 1.72. The molecule has 108 valence electrons. The predicted octanol–water partition coefficient (Wildman–Crippen LogP) is 2.08. The van der Waals surface area contributed by atoms with Crippen LogP contribution in [0.25, 0.3) is 0 Å². The summed E-state index contributed by atoms with van der Waals surface area (Å²) in [7, 11) is 0. The van der Waals surface area contributed by atoms with E-state index < -0.39 is 0 Å². The maximum atomic E-state index is 12.3. The van der Waals surface area contributed by atoms with E-state index in [2.05, 4.69) is 24.1 Å². The third kappa shape index (κ3) is 4.80. The Hall–Kier alpha value is -1.14. The van der Waals surface area contributed by atoms with E-state index in [0.717, 1.165) is 5.01 Å².